The van der Waals surface area contributed by atoms with Crippen molar-refractivity contribution in [2.75, 3.05) is 0 Å². The molecule has 0 spiro atoms. The third-order valence-corrected chi connectivity index (χ3v) is 2.34. The van der Waals surface area contributed by atoms with Crippen molar-refractivity contribution >= 4 is 18.1 Å². The Morgan fingerprint density at radius 3 is 2.78 bits per heavy atom. The predicted octanol–water partition coefficient (Wildman–Crippen LogP) is 2.03. The highest BCUT2D eigenvalue weighted by Gasteiger charge is 2.06. The van der Waals surface area contributed by atoms with E-state index in [2.05, 4.69) is 10.5 Å². The van der Waals surface area contributed by atoms with E-state index in [0.29, 0.717) is 12.0 Å². The Kier molecular flexibility index (Phi) is 5.57. The van der Waals surface area contributed by atoms with E-state index >= 15 is 0 Å². The molecule has 0 aliphatic carbocycles. The highest BCUT2D eigenvalue weighted by atomic mass is 16.4. The number of hydrazone groups is 1. The van der Waals surface area contributed by atoms with Gasteiger partial charge in [0, 0.05) is 12.0 Å². The lowest BCUT2D eigenvalue weighted by Crippen LogP contribution is -2.17. The van der Waals surface area contributed by atoms with Crippen LogP contribution in [0.2, 0.25) is 0 Å². The Balaban J connectivity index is 2.62. The van der Waals surface area contributed by atoms with Crippen LogP contribution in [0.4, 0.5) is 0 Å². The fourth-order valence-corrected chi connectivity index (χ4v) is 1.37. The summed E-state index contributed by atoms with van der Waals surface area (Å²) in [6, 6.07) is 6.47. The number of unbranched alkanes of at least 4 members (excludes halogenated alkanes) is 1. The van der Waals surface area contributed by atoms with E-state index < -0.39 is 5.97 Å². The fraction of sp³-hybridized carbons (Fsp3) is 0.308. The van der Waals surface area contributed by atoms with E-state index in [1.807, 2.05) is 6.92 Å². The summed E-state index contributed by atoms with van der Waals surface area (Å²) in [5, 5.41) is 12.7. The van der Waals surface area contributed by atoms with Crippen LogP contribution in [-0.2, 0) is 4.79 Å². The first-order valence-electron chi connectivity index (χ1n) is 5.79. The van der Waals surface area contributed by atoms with E-state index in [1.54, 1.807) is 18.2 Å². The van der Waals surface area contributed by atoms with E-state index in [0.717, 1.165) is 12.8 Å². The Labute approximate surface area is 106 Å². The molecule has 0 aliphatic rings. The van der Waals surface area contributed by atoms with Crippen molar-refractivity contribution in [2.24, 2.45) is 5.10 Å². The van der Waals surface area contributed by atoms with Gasteiger partial charge < -0.3 is 5.11 Å². The number of amides is 1. The van der Waals surface area contributed by atoms with Crippen LogP contribution < -0.4 is 5.43 Å². The molecule has 0 saturated heterocycles. The quantitative estimate of drug-likeness (QED) is 0.597. The summed E-state index contributed by atoms with van der Waals surface area (Å²) < 4.78 is 0. The fourth-order valence-electron chi connectivity index (χ4n) is 1.37. The molecular formula is C13H16N2O3. The second-order valence-corrected chi connectivity index (χ2v) is 3.79. The summed E-state index contributed by atoms with van der Waals surface area (Å²) >= 11 is 0. The number of aromatic carboxylic acids is 1. The number of hydrogen-bond donors (Lipinski definition) is 2. The Hall–Kier alpha value is -2.17. The van der Waals surface area contributed by atoms with Gasteiger partial charge in [0.05, 0.1) is 11.8 Å². The predicted molar refractivity (Wildman–Crippen MR) is 68.7 cm³/mol. The van der Waals surface area contributed by atoms with Gasteiger partial charge in [-0.2, -0.15) is 5.10 Å². The average molecular weight is 248 g/mol. The molecule has 0 fully saturated rings. The number of carbonyl (C=O) groups excluding carboxylic acids is 1. The zero-order valence-electron chi connectivity index (χ0n) is 10.2. The van der Waals surface area contributed by atoms with Crippen molar-refractivity contribution in [3.8, 4) is 0 Å². The molecular weight excluding hydrogens is 232 g/mol. The normalized spacial score (nSPS) is 10.5. The Morgan fingerprint density at radius 2 is 2.11 bits per heavy atom. The Bertz CT molecular complexity index is 455. The van der Waals surface area contributed by atoms with Crippen LogP contribution in [0.3, 0.4) is 0 Å². The zero-order chi connectivity index (χ0) is 13.4. The molecule has 0 saturated carbocycles. The van der Waals surface area contributed by atoms with Crippen LogP contribution in [0.5, 0.6) is 0 Å². The number of benzene rings is 1. The van der Waals surface area contributed by atoms with Crippen molar-refractivity contribution < 1.29 is 14.7 Å². The molecule has 0 bridgehead atoms. The third kappa shape index (κ3) is 4.37. The molecule has 0 radical (unpaired) electrons. The van der Waals surface area contributed by atoms with Gasteiger partial charge >= 0.3 is 5.97 Å². The number of carboxylic acids is 1. The van der Waals surface area contributed by atoms with E-state index in [-0.39, 0.29) is 11.5 Å². The van der Waals surface area contributed by atoms with Gasteiger partial charge in [-0.25, -0.2) is 10.2 Å². The van der Waals surface area contributed by atoms with Crippen LogP contribution in [0.25, 0.3) is 0 Å². The molecule has 0 atom stereocenters. The molecule has 1 rings (SSSR count). The molecule has 0 unspecified atom stereocenters. The summed E-state index contributed by atoms with van der Waals surface area (Å²) in [7, 11) is 0. The summed E-state index contributed by atoms with van der Waals surface area (Å²) in [6.07, 6.45) is 3.52. The number of nitrogens with one attached hydrogen (secondary N) is 1. The highest BCUT2D eigenvalue weighted by molar-refractivity contribution is 5.98. The van der Waals surface area contributed by atoms with Gasteiger partial charge in [-0.3, -0.25) is 4.79 Å². The molecule has 0 heterocycles. The number of hydrogen-bond acceptors (Lipinski definition) is 3. The van der Waals surface area contributed by atoms with Crippen molar-refractivity contribution in [1.29, 1.82) is 0 Å². The van der Waals surface area contributed by atoms with Crippen LogP contribution in [0.1, 0.15) is 42.1 Å². The third-order valence-electron chi connectivity index (χ3n) is 2.34. The maximum Gasteiger partial charge on any atom is 0.336 e. The molecule has 0 aliphatic heterocycles. The molecule has 18 heavy (non-hydrogen) atoms. The van der Waals surface area contributed by atoms with Crippen molar-refractivity contribution in [1.82, 2.24) is 5.43 Å². The zero-order valence-corrected chi connectivity index (χ0v) is 10.2. The minimum atomic E-state index is -1.02. The molecule has 2 N–H and O–H groups in total. The molecule has 1 aromatic rings. The summed E-state index contributed by atoms with van der Waals surface area (Å²) in [5.41, 5.74) is 2.99. The highest BCUT2D eigenvalue weighted by Crippen LogP contribution is 2.05. The van der Waals surface area contributed by atoms with E-state index in [9.17, 15) is 9.59 Å². The summed E-state index contributed by atoms with van der Waals surface area (Å²) in [5.74, 6) is -1.18. The smallest absolute Gasteiger partial charge is 0.336 e. The topological polar surface area (TPSA) is 78.8 Å². The monoisotopic (exact) mass is 248 g/mol. The minimum absolute atomic E-state index is 0.157. The van der Waals surface area contributed by atoms with Gasteiger partial charge in [-0.1, -0.05) is 31.5 Å². The first kappa shape index (κ1) is 13.9. The first-order valence-corrected chi connectivity index (χ1v) is 5.79. The standard InChI is InChI=1S/C13H16N2O3/c1-2-3-8-12(16)15-14-9-10-6-4-5-7-11(10)13(17)18/h4-7,9H,2-3,8H2,1H3,(H,15,16)(H,17,18)/b14-9+. The number of carbonyl (C=O) groups is 2. The lowest BCUT2D eigenvalue weighted by Gasteiger charge is -2.00. The van der Waals surface area contributed by atoms with Crippen LogP contribution in [-0.4, -0.2) is 23.2 Å². The summed E-state index contributed by atoms with van der Waals surface area (Å²) in [6.45, 7) is 2.00. The van der Waals surface area contributed by atoms with Gasteiger partial charge in [-0.05, 0) is 12.5 Å². The van der Waals surface area contributed by atoms with Gasteiger partial charge in [-0.15, -0.1) is 0 Å². The van der Waals surface area contributed by atoms with Crippen LogP contribution >= 0.6 is 0 Å². The number of carboxylic acid groups (broad SMARTS) is 1. The van der Waals surface area contributed by atoms with Crippen molar-refractivity contribution in [3.05, 3.63) is 35.4 Å². The van der Waals surface area contributed by atoms with Crippen molar-refractivity contribution in [3.63, 3.8) is 0 Å². The van der Waals surface area contributed by atoms with Gasteiger partial charge in [0.2, 0.25) is 5.91 Å². The molecule has 1 aromatic carbocycles. The lowest BCUT2D eigenvalue weighted by atomic mass is 10.1. The molecule has 5 heteroatoms. The number of rotatable bonds is 6. The number of nitrogens with zero attached hydrogens (tertiary/aromatic N) is 1. The SMILES string of the molecule is CCCCC(=O)N/N=C/c1ccccc1C(=O)O. The lowest BCUT2D eigenvalue weighted by molar-refractivity contribution is -0.121. The van der Waals surface area contributed by atoms with Gasteiger partial charge in [0.1, 0.15) is 0 Å². The molecule has 5 nitrogen and oxygen atoms in total. The van der Waals surface area contributed by atoms with E-state index in [4.69, 9.17) is 5.11 Å². The maximum absolute atomic E-state index is 11.3. The molecule has 1 amide bonds. The first-order chi connectivity index (χ1) is 8.65. The van der Waals surface area contributed by atoms with Crippen LogP contribution in [0, 0.1) is 0 Å². The molecule has 96 valence electrons. The Morgan fingerprint density at radius 1 is 1.39 bits per heavy atom. The van der Waals surface area contributed by atoms with E-state index in [1.165, 1.54) is 12.3 Å². The molecule has 0 aromatic heterocycles. The average Bonchev–Trinajstić information content (AvgIpc) is 2.36. The maximum atomic E-state index is 11.3. The van der Waals surface area contributed by atoms with Gasteiger partial charge in [0.25, 0.3) is 0 Å². The second kappa shape index (κ2) is 7.21. The second-order valence-electron chi connectivity index (χ2n) is 3.79. The largest absolute Gasteiger partial charge is 0.478 e. The minimum Gasteiger partial charge on any atom is -0.478 e. The summed E-state index contributed by atoms with van der Waals surface area (Å²) in [4.78, 5) is 22.2. The van der Waals surface area contributed by atoms with Crippen molar-refractivity contribution in [2.45, 2.75) is 26.2 Å². The van der Waals surface area contributed by atoms with Gasteiger partial charge in [0.15, 0.2) is 0 Å². The van der Waals surface area contributed by atoms with Crippen LogP contribution in [0.15, 0.2) is 29.4 Å².